The number of piperidine rings is 1. The Hall–Kier alpha value is -0.770. The molecular weight excluding hydrogens is 218 g/mol. The van der Waals surface area contributed by atoms with Crippen LogP contribution >= 0.6 is 0 Å². The van der Waals surface area contributed by atoms with Gasteiger partial charge in [-0.2, -0.15) is 0 Å². The Balaban J connectivity index is 1.80. The van der Waals surface area contributed by atoms with E-state index in [0.717, 1.165) is 32.5 Å². The number of epoxide rings is 1. The Kier molecular flexibility index (Phi) is 3.10. The zero-order chi connectivity index (χ0) is 12.7. The van der Waals surface area contributed by atoms with Crippen molar-refractivity contribution < 1.29 is 14.3 Å². The highest BCUT2D eigenvalue weighted by atomic mass is 16.6. The van der Waals surface area contributed by atoms with E-state index < -0.39 is 5.60 Å². The second-order valence-corrected chi connectivity index (χ2v) is 6.34. The molecular formula is C13H23NO3. The highest BCUT2D eigenvalue weighted by Gasteiger charge is 2.47. The van der Waals surface area contributed by atoms with Crippen LogP contribution in [0.25, 0.3) is 0 Å². The minimum atomic E-state index is -0.403. The molecule has 0 aromatic carbocycles. The summed E-state index contributed by atoms with van der Waals surface area (Å²) in [6, 6.07) is 0. The fraction of sp³-hybridized carbons (Fsp3) is 0.923. The van der Waals surface area contributed by atoms with E-state index in [9.17, 15) is 4.79 Å². The summed E-state index contributed by atoms with van der Waals surface area (Å²) in [6.45, 7) is 10.3. The van der Waals surface area contributed by atoms with Crippen molar-refractivity contribution in [1.82, 2.24) is 4.90 Å². The second kappa shape index (κ2) is 4.16. The van der Waals surface area contributed by atoms with Crippen LogP contribution in [-0.4, -0.2) is 41.9 Å². The quantitative estimate of drug-likeness (QED) is 0.662. The zero-order valence-electron chi connectivity index (χ0n) is 11.3. The van der Waals surface area contributed by atoms with Crippen molar-refractivity contribution in [2.75, 3.05) is 19.7 Å². The number of rotatable bonds is 1. The smallest absolute Gasteiger partial charge is 0.410 e. The molecule has 0 saturated carbocycles. The highest BCUT2D eigenvalue weighted by molar-refractivity contribution is 5.68. The van der Waals surface area contributed by atoms with Gasteiger partial charge in [-0.3, -0.25) is 0 Å². The van der Waals surface area contributed by atoms with Gasteiger partial charge in [-0.1, -0.05) is 0 Å². The second-order valence-electron chi connectivity index (χ2n) is 6.34. The molecule has 0 bridgehead atoms. The van der Waals surface area contributed by atoms with Crippen LogP contribution in [0.15, 0.2) is 0 Å². The van der Waals surface area contributed by atoms with Gasteiger partial charge in [-0.05, 0) is 46.5 Å². The minimum Gasteiger partial charge on any atom is -0.444 e. The van der Waals surface area contributed by atoms with Crippen LogP contribution in [0.1, 0.15) is 40.5 Å². The molecule has 2 rings (SSSR count). The Morgan fingerprint density at radius 2 is 1.88 bits per heavy atom. The van der Waals surface area contributed by atoms with Crippen LogP contribution in [0.5, 0.6) is 0 Å². The number of amides is 1. The summed E-state index contributed by atoms with van der Waals surface area (Å²) in [5.41, 5.74) is -0.306. The molecule has 4 nitrogen and oxygen atoms in total. The average molecular weight is 241 g/mol. The maximum absolute atomic E-state index is 11.9. The Morgan fingerprint density at radius 1 is 1.35 bits per heavy atom. The van der Waals surface area contributed by atoms with Gasteiger partial charge >= 0.3 is 6.09 Å². The van der Waals surface area contributed by atoms with Crippen LogP contribution in [0.4, 0.5) is 4.79 Å². The Bertz CT molecular complexity index is 296. The van der Waals surface area contributed by atoms with Gasteiger partial charge < -0.3 is 14.4 Å². The van der Waals surface area contributed by atoms with Gasteiger partial charge in [0, 0.05) is 13.1 Å². The van der Waals surface area contributed by atoms with Gasteiger partial charge in [0.15, 0.2) is 0 Å². The monoisotopic (exact) mass is 241 g/mol. The molecule has 0 N–H and O–H groups in total. The summed E-state index contributed by atoms with van der Waals surface area (Å²) >= 11 is 0. The fourth-order valence-corrected chi connectivity index (χ4v) is 2.35. The maximum atomic E-state index is 11.9. The normalized spacial score (nSPS) is 30.2. The molecule has 98 valence electrons. The molecule has 0 aromatic heterocycles. The molecule has 2 saturated heterocycles. The van der Waals surface area contributed by atoms with Gasteiger partial charge in [0.2, 0.25) is 0 Å². The van der Waals surface area contributed by atoms with Gasteiger partial charge in [0.05, 0.1) is 12.2 Å². The molecule has 0 unspecified atom stereocenters. The molecule has 2 aliphatic rings. The van der Waals surface area contributed by atoms with E-state index in [1.165, 1.54) is 0 Å². The van der Waals surface area contributed by atoms with Crippen molar-refractivity contribution in [2.24, 2.45) is 5.92 Å². The number of carbonyl (C=O) groups excluding carboxylic acids is 1. The van der Waals surface area contributed by atoms with Crippen molar-refractivity contribution in [2.45, 2.75) is 51.7 Å². The van der Waals surface area contributed by atoms with E-state index in [1.54, 1.807) is 0 Å². The van der Waals surface area contributed by atoms with E-state index in [4.69, 9.17) is 9.47 Å². The lowest BCUT2D eigenvalue weighted by Crippen LogP contribution is -2.43. The largest absolute Gasteiger partial charge is 0.444 e. The molecule has 0 spiro atoms. The standard InChI is InChI=1S/C13H23NO3/c1-12(2,3)17-11(15)14-7-5-10(6-8-14)13(4)9-16-13/h10H,5-9H2,1-4H3/t13-/m0/s1. The SMILES string of the molecule is CC(C)(C)OC(=O)N1CCC([C@]2(C)CO2)CC1. The lowest BCUT2D eigenvalue weighted by Gasteiger charge is -2.34. The van der Waals surface area contributed by atoms with E-state index in [2.05, 4.69) is 6.92 Å². The number of likely N-dealkylation sites (tertiary alicyclic amines) is 1. The van der Waals surface area contributed by atoms with Crippen LogP contribution in [-0.2, 0) is 9.47 Å². The van der Waals surface area contributed by atoms with E-state index in [1.807, 2.05) is 25.7 Å². The molecule has 0 radical (unpaired) electrons. The third-order valence-corrected chi connectivity index (χ3v) is 3.61. The number of hydrogen-bond acceptors (Lipinski definition) is 3. The van der Waals surface area contributed by atoms with Gasteiger partial charge in [-0.25, -0.2) is 4.79 Å². The molecule has 2 heterocycles. The molecule has 0 aliphatic carbocycles. The lowest BCUT2D eigenvalue weighted by atomic mass is 9.86. The molecule has 0 aromatic rings. The molecule has 2 aliphatic heterocycles. The number of ether oxygens (including phenoxy) is 2. The van der Waals surface area contributed by atoms with E-state index in [-0.39, 0.29) is 11.7 Å². The topological polar surface area (TPSA) is 42.1 Å². The maximum Gasteiger partial charge on any atom is 0.410 e. The first kappa shape index (κ1) is 12.7. The Labute approximate surface area is 103 Å². The lowest BCUT2D eigenvalue weighted by molar-refractivity contribution is 0.0149. The van der Waals surface area contributed by atoms with Gasteiger partial charge in [-0.15, -0.1) is 0 Å². The molecule has 1 amide bonds. The van der Waals surface area contributed by atoms with Crippen molar-refractivity contribution in [3.8, 4) is 0 Å². The van der Waals surface area contributed by atoms with Crippen LogP contribution < -0.4 is 0 Å². The first-order valence-electron chi connectivity index (χ1n) is 6.42. The summed E-state index contributed by atoms with van der Waals surface area (Å²) in [5, 5.41) is 0. The van der Waals surface area contributed by atoms with Crippen LogP contribution in [0.2, 0.25) is 0 Å². The van der Waals surface area contributed by atoms with Gasteiger partial charge in [0.1, 0.15) is 5.60 Å². The predicted octanol–water partition coefficient (Wildman–Crippen LogP) is 2.42. The van der Waals surface area contributed by atoms with Crippen molar-refractivity contribution in [3.63, 3.8) is 0 Å². The molecule has 1 atom stereocenters. The van der Waals surface area contributed by atoms with Crippen molar-refractivity contribution in [1.29, 1.82) is 0 Å². The summed E-state index contributed by atoms with van der Waals surface area (Å²) in [4.78, 5) is 13.7. The average Bonchev–Trinajstić information content (AvgIpc) is 2.96. The summed E-state index contributed by atoms with van der Waals surface area (Å²) < 4.78 is 10.8. The van der Waals surface area contributed by atoms with E-state index in [0.29, 0.717) is 5.92 Å². The number of nitrogens with zero attached hydrogens (tertiary/aromatic N) is 1. The van der Waals surface area contributed by atoms with Crippen LogP contribution in [0.3, 0.4) is 0 Å². The zero-order valence-corrected chi connectivity index (χ0v) is 11.3. The first-order valence-corrected chi connectivity index (χ1v) is 6.42. The molecule has 17 heavy (non-hydrogen) atoms. The summed E-state index contributed by atoms with van der Waals surface area (Å²) in [7, 11) is 0. The Morgan fingerprint density at radius 3 is 2.29 bits per heavy atom. The third kappa shape index (κ3) is 3.12. The highest BCUT2D eigenvalue weighted by Crippen LogP contribution is 2.40. The summed E-state index contributed by atoms with van der Waals surface area (Å²) in [6.07, 6.45) is 1.86. The van der Waals surface area contributed by atoms with Gasteiger partial charge in [0.25, 0.3) is 0 Å². The minimum absolute atomic E-state index is 0.0972. The van der Waals surface area contributed by atoms with Crippen LogP contribution in [0, 0.1) is 5.92 Å². The summed E-state index contributed by atoms with van der Waals surface area (Å²) in [5.74, 6) is 0.598. The first-order chi connectivity index (χ1) is 7.80. The third-order valence-electron chi connectivity index (χ3n) is 3.61. The van der Waals surface area contributed by atoms with E-state index >= 15 is 0 Å². The number of carbonyl (C=O) groups is 1. The van der Waals surface area contributed by atoms with Crippen molar-refractivity contribution in [3.05, 3.63) is 0 Å². The molecule has 4 heteroatoms. The number of hydrogen-bond donors (Lipinski definition) is 0. The fourth-order valence-electron chi connectivity index (χ4n) is 2.35. The predicted molar refractivity (Wildman–Crippen MR) is 64.9 cm³/mol. The molecule has 2 fully saturated rings. The van der Waals surface area contributed by atoms with Crippen molar-refractivity contribution >= 4 is 6.09 Å².